The fourth-order valence-electron chi connectivity index (χ4n) is 2.52. The van der Waals surface area contributed by atoms with Crippen molar-refractivity contribution >= 4 is 5.91 Å². The van der Waals surface area contributed by atoms with Gasteiger partial charge in [0.15, 0.2) is 0 Å². The third kappa shape index (κ3) is 3.37. The van der Waals surface area contributed by atoms with Crippen LogP contribution in [0.25, 0.3) is 0 Å². The molecule has 0 heterocycles. The Morgan fingerprint density at radius 3 is 2.56 bits per heavy atom. The molecular weight excluding hydrogens is 247 g/mol. The standard InChI is InChI=1S/C12H18F3NO2/c13-12(14,15)9-2-1-5-11(18,6-9)7-16-10(17)8-3-4-8/h8-9,18H,1-7H2,(H,16,17)/t9-,11+/m0/s1. The average molecular weight is 265 g/mol. The van der Waals surface area contributed by atoms with E-state index in [-0.39, 0.29) is 31.2 Å². The molecule has 0 aromatic rings. The minimum absolute atomic E-state index is 0.00982. The molecule has 1 amide bonds. The van der Waals surface area contributed by atoms with Crippen LogP contribution in [0.5, 0.6) is 0 Å². The van der Waals surface area contributed by atoms with Crippen LogP contribution in [-0.4, -0.2) is 29.3 Å². The summed E-state index contributed by atoms with van der Waals surface area (Å²) in [5, 5.41) is 12.7. The van der Waals surface area contributed by atoms with Gasteiger partial charge in [0, 0.05) is 12.5 Å². The summed E-state index contributed by atoms with van der Waals surface area (Å²) in [5.41, 5.74) is -1.40. The van der Waals surface area contributed by atoms with Crippen LogP contribution < -0.4 is 5.32 Å². The van der Waals surface area contributed by atoms with Crippen molar-refractivity contribution in [1.29, 1.82) is 0 Å². The summed E-state index contributed by atoms with van der Waals surface area (Å²) in [7, 11) is 0. The predicted molar refractivity (Wildman–Crippen MR) is 58.7 cm³/mol. The van der Waals surface area contributed by atoms with Gasteiger partial charge in [0.1, 0.15) is 0 Å². The molecular formula is C12H18F3NO2. The molecule has 2 saturated carbocycles. The zero-order valence-electron chi connectivity index (χ0n) is 10.1. The molecule has 0 radical (unpaired) electrons. The quantitative estimate of drug-likeness (QED) is 0.820. The van der Waals surface area contributed by atoms with Gasteiger partial charge in [-0.25, -0.2) is 0 Å². The lowest BCUT2D eigenvalue weighted by Crippen LogP contribution is -2.48. The van der Waals surface area contributed by atoms with Gasteiger partial charge in [0.2, 0.25) is 5.91 Å². The fourth-order valence-corrected chi connectivity index (χ4v) is 2.52. The summed E-state index contributed by atoms with van der Waals surface area (Å²) in [5.74, 6) is -1.58. The van der Waals surface area contributed by atoms with E-state index < -0.39 is 17.7 Å². The summed E-state index contributed by atoms with van der Waals surface area (Å²) in [6, 6.07) is 0. The number of rotatable bonds is 3. The van der Waals surface area contributed by atoms with E-state index in [1.165, 1.54) is 0 Å². The van der Waals surface area contributed by atoms with E-state index >= 15 is 0 Å². The van der Waals surface area contributed by atoms with Crippen molar-refractivity contribution in [2.45, 2.75) is 50.3 Å². The van der Waals surface area contributed by atoms with Crippen molar-refractivity contribution in [3.05, 3.63) is 0 Å². The zero-order valence-corrected chi connectivity index (χ0v) is 10.1. The van der Waals surface area contributed by atoms with Crippen LogP contribution in [0.2, 0.25) is 0 Å². The van der Waals surface area contributed by atoms with E-state index in [1.807, 2.05) is 0 Å². The largest absolute Gasteiger partial charge is 0.391 e. The first-order valence-corrected chi connectivity index (χ1v) is 6.37. The van der Waals surface area contributed by atoms with E-state index in [2.05, 4.69) is 5.32 Å². The van der Waals surface area contributed by atoms with Crippen LogP contribution >= 0.6 is 0 Å². The van der Waals surface area contributed by atoms with Crippen LogP contribution in [0.3, 0.4) is 0 Å². The minimum Gasteiger partial charge on any atom is -0.388 e. The van der Waals surface area contributed by atoms with Crippen LogP contribution in [0.15, 0.2) is 0 Å². The molecule has 2 aliphatic carbocycles. The zero-order chi connectivity index (χ0) is 13.4. The molecule has 3 nitrogen and oxygen atoms in total. The molecule has 0 aromatic carbocycles. The first-order valence-electron chi connectivity index (χ1n) is 6.37. The van der Waals surface area contributed by atoms with Gasteiger partial charge < -0.3 is 10.4 Å². The van der Waals surface area contributed by atoms with Gasteiger partial charge in [0.05, 0.1) is 11.5 Å². The van der Waals surface area contributed by atoms with Crippen molar-refractivity contribution in [2.24, 2.45) is 11.8 Å². The number of nitrogens with one attached hydrogen (secondary N) is 1. The molecule has 0 aromatic heterocycles. The summed E-state index contributed by atoms with van der Waals surface area (Å²) in [6.07, 6.45) is -2.13. The lowest BCUT2D eigenvalue weighted by atomic mass is 9.77. The van der Waals surface area contributed by atoms with Crippen molar-refractivity contribution in [3.63, 3.8) is 0 Å². The number of hydrogen-bond donors (Lipinski definition) is 2. The molecule has 0 spiro atoms. The molecule has 0 aliphatic heterocycles. The maximum Gasteiger partial charge on any atom is 0.391 e. The molecule has 18 heavy (non-hydrogen) atoms. The summed E-state index contributed by atoms with van der Waals surface area (Å²) >= 11 is 0. The number of aliphatic hydroxyl groups is 1. The Hall–Kier alpha value is -0.780. The van der Waals surface area contributed by atoms with Crippen LogP contribution in [0, 0.1) is 11.8 Å². The maximum absolute atomic E-state index is 12.6. The lowest BCUT2D eigenvalue weighted by molar-refractivity contribution is -0.199. The van der Waals surface area contributed by atoms with Gasteiger partial charge in [0.25, 0.3) is 0 Å². The highest BCUT2D eigenvalue weighted by Gasteiger charge is 2.47. The van der Waals surface area contributed by atoms with Crippen molar-refractivity contribution < 1.29 is 23.1 Å². The number of alkyl halides is 3. The van der Waals surface area contributed by atoms with E-state index in [1.54, 1.807) is 0 Å². The van der Waals surface area contributed by atoms with Crippen molar-refractivity contribution in [3.8, 4) is 0 Å². The van der Waals surface area contributed by atoms with E-state index in [0.29, 0.717) is 12.8 Å². The normalized spacial score (nSPS) is 33.2. The molecule has 2 N–H and O–H groups in total. The van der Waals surface area contributed by atoms with Gasteiger partial charge >= 0.3 is 6.18 Å². The van der Waals surface area contributed by atoms with E-state index in [9.17, 15) is 23.1 Å². The fraction of sp³-hybridized carbons (Fsp3) is 0.917. The Balaban J connectivity index is 1.86. The van der Waals surface area contributed by atoms with Crippen LogP contribution in [0.1, 0.15) is 38.5 Å². The first-order chi connectivity index (χ1) is 8.30. The number of hydrogen-bond acceptors (Lipinski definition) is 2. The van der Waals surface area contributed by atoms with Crippen LogP contribution in [0.4, 0.5) is 13.2 Å². The third-order valence-electron chi connectivity index (χ3n) is 3.82. The van der Waals surface area contributed by atoms with Crippen molar-refractivity contribution in [2.75, 3.05) is 6.54 Å². The number of amides is 1. The Morgan fingerprint density at radius 2 is 2.00 bits per heavy atom. The predicted octanol–water partition coefficient (Wildman–Crippen LogP) is 2.00. The average Bonchev–Trinajstić information content (AvgIpc) is 3.09. The summed E-state index contributed by atoms with van der Waals surface area (Å²) in [4.78, 5) is 11.4. The second-order valence-corrected chi connectivity index (χ2v) is 5.55. The van der Waals surface area contributed by atoms with Crippen molar-refractivity contribution in [1.82, 2.24) is 5.32 Å². The Kier molecular flexibility index (Phi) is 3.58. The Bertz CT molecular complexity index is 328. The molecule has 104 valence electrons. The highest BCUT2D eigenvalue weighted by atomic mass is 19.4. The first kappa shape index (κ1) is 13.6. The molecule has 2 rings (SSSR count). The van der Waals surface area contributed by atoms with Gasteiger partial charge in [-0.15, -0.1) is 0 Å². The molecule has 2 aliphatic rings. The topological polar surface area (TPSA) is 49.3 Å². The molecule has 2 atom stereocenters. The molecule has 6 heteroatoms. The van der Waals surface area contributed by atoms with Gasteiger partial charge in [-0.1, -0.05) is 0 Å². The second kappa shape index (κ2) is 4.72. The lowest BCUT2D eigenvalue weighted by Gasteiger charge is -2.37. The highest BCUT2D eigenvalue weighted by Crippen LogP contribution is 2.41. The molecule has 0 unspecified atom stereocenters. The molecule has 2 fully saturated rings. The molecule has 0 saturated heterocycles. The summed E-state index contributed by atoms with van der Waals surface area (Å²) in [6.45, 7) is -0.0606. The number of carbonyl (C=O) groups excluding carboxylic acids is 1. The SMILES string of the molecule is O=C(NC[C@@]1(O)CCC[C@H](C(F)(F)F)C1)C1CC1. The Labute approximate surface area is 104 Å². The number of carbonyl (C=O) groups is 1. The second-order valence-electron chi connectivity index (χ2n) is 5.55. The Morgan fingerprint density at radius 1 is 1.33 bits per heavy atom. The smallest absolute Gasteiger partial charge is 0.388 e. The van der Waals surface area contributed by atoms with Gasteiger partial charge in [-0.05, 0) is 38.5 Å². The van der Waals surface area contributed by atoms with Gasteiger partial charge in [-0.3, -0.25) is 4.79 Å². The maximum atomic E-state index is 12.6. The molecule has 0 bridgehead atoms. The van der Waals surface area contributed by atoms with E-state index in [0.717, 1.165) is 12.8 Å². The highest BCUT2D eigenvalue weighted by molar-refractivity contribution is 5.80. The monoisotopic (exact) mass is 265 g/mol. The third-order valence-corrected chi connectivity index (χ3v) is 3.82. The number of halogens is 3. The summed E-state index contributed by atoms with van der Waals surface area (Å²) < 4.78 is 37.9. The van der Waals surface area contributed by atoms with Gasteiger partial charge in [-0.2, -0.15) is 13.2 Å². The van der Waals surface area contributed by atoms with E-state index in [4.69, 9.17) is 0 Å². The minimum atomic E-state index is -4.26. The van der Waals surface area contributed by atoms with Crippen LogP contribution in [-0.2, 0) is 4.79 Å².